The molecule has 3 aromatic rings. The fourth-order valence-corrected chi connectivity index (χ4v) is 4.18. The first-order chi connectivity index (χ1) is 16.4. The molecule has 4 heterocycles. The number of fused-ring (bicyclic) bond motifs is 1. The van der Waals surface area contributed by atoms with E-state index in [4.69, 9.17) is 18.6 Å². The van der Waals surface area contributed by atoms with Crippen LogP contribution >= 0.6 is 0 Å². The van der Waals surface area contributed by atoms with E-state index in [-0.39, 0.29) is 30.3 Å². The lowest BCUT2D eigenvalue weighted by Gasteiger charge is -2.20. The van der Waals surface area contributed by atoms with Crippen molar-refractivity contribution in [1.82, 2.24) is 9.97 Å². The fourth-order valence-electron chi connectivity index (χ4n) is 4.18. The Morgan fingerprint density at radius 2 is 1.85 bits per heavy atom. The van der Waals surface area contributed by atoms with E-state index in [9.17, 15) is 4.79 Å². The molecule has 178 valence electrons. The van der Waals surface area contributed by atoms with E-state index in [0.717, 1.165) is 0 Å². The first-order valence-electron chi connectivity index (χ1n) is 11.3. The number of anilines is 2. The summed E-state index contributed by atoms with van der Waals surface area (Å²) in [7, 11) is 0. The van der Waals surface area contributed by atoms with Gasteiger partial charge in [-0.05, 0) is 41.3 Å². The smallest absolute Gasteiger partial charge is 0.412 e. The zero-order chi connectivity index (χ0) is 23.7. The number of nitrogens with one attached hydrogen (secondary N) is 2. The minimum absolute atomic E-state index is 0.0464. The molecule has 2 fully saturated rings. The van der Waals surface area contributed by atoms with E-state index in [1.807, 2.05) is 36.4 Å². The fraction of sp³-hybridized carbons (Fsp3) is 0.400. The first-order valence-corrected chi connectivity index (χ1v) is 11.3. The Hall–Kier alpha value is -3.43. The Morgan fingerprint density at radius 3 is 2.59 bits per heavy atom. The van der Waals surface area contributed by atoms with Crippen molar-refractivity contribution in [2.24, 2.45) is 0 Å². The molecule has 9 heteroatoms. The van der Waals surface area contributed by atoms with Gasteiger partial charge in [-0.3, -0.25) is 5.32 Å². The average molecular weight is 465 g/mol. The van der Waals surface area contributed by atoms with Crippen molar-refractivity contribution in [3.8, 4) is 11.5 Å². The third kappa shape index (κ3) is 4.76. The molecule has 1 amide bonds. The number of ether oxygens (including phenoxy) is 3. The predicted octanol–water partition coefficient (Wildman–Crippen LogP) is 4.23. The summed E-state index contributed by atoms with van der Waals surface area (Å²) in [6, 6.07) is 13.0. The number of hydrogen-bond donors (Lipinski definition) is 2. The van der Waals surface area contributed by atoms with E-state index in [1.165, 1.54) is 5.56 Å². The average Bonchev–Trinajstić information content (AvgIpc) is 3.54. The van der Waals surface area contributed by atoms with Crippen molar-refractivity contribution in [2.45, 2.75) is 50.5 Å². The normalized spacial score (nSPS) is 24.0. The molecule has 0 unspecified atom stereocenters. The van der Waals surface area contributed by atoms with Crippen LogP contribution in [0.4, 0.5) is 16.4 Å². The number of rotatable bonds is 5. The van der Waals surface area contributed by atoms with Gasteiger partial charge in [-0.15, -0.1) is 0 Å². The SMILES string of the molecule is CC(C)(C)c1ccc(NC(=O)O[C@H]2CO[C@@H]3[C@@H]2OC[C@@H]3Nc2nccc(-c3ccco3)n2)cc1. The topological polar surface area (TPSA) is 108 Å². The maximum absolute atomic E-state index is 12.5. The molecule has 0 bridgehead atoms. The number of hydrogen-bond acceptors (Lipinski definition) is 8. The summed E-state index contributed by atoms with van der Waals surface area (Å²) in [5, 5.41) is 6.06. The molecule has 0 radical (unpaired) electrons. The Bertz CT molecular complexity index is 1130. The summed E-state index contributed by atoms with van der Waals surface area (Å²) in [4.78, 5) is 21.3. The lowest BCUT2D eigenvalue weighted by atomic mass is 9.87. The van der Waals surface area contributed by atoms with Gasteiger partial charge in [0.2, 0.25) is 5.95 Å². The second-order valence-electron chi connectivity index (χ2n) is 9.49. The number of benzene rings is 1. The Labute approximate surface area is 197 Å². The van der Waals surface area contributed by atoms with Crippen molar-refractivity contribution in [2.75, 3.05) is 23.8 Å². The molecule has 2 N–H and O–H groups in total. The van der Waals surface area contributed by atoms with E-state index in [2.05, 4.69) is 41.4 Å². The number of carbonyl (C=O) groups excluding carboxylic acids is 1. The van der Waals surface area contributed by atoms with Crippen molar-refractivity contribution in [3.63, 3.8) is 0 Å². The Kier molecular flexibility index (Phi) is 5.97. The molecule has 4 atom stereocenters. The van der Waals surface area contributed by atoms with Gasteiger partial charge in [0.05, 0.1) is 25.5 Å². The number of amides is 1. The molecule has 34 heavy (non-hydrogen) atoms. The van der Waals surface area contributed by atoms with Gasteiger partial charge in [-0.2, -0.15) is 0 Å². The van der Waals surface area contributed by atoms with Crippen molar-refractivity contribution in [1.29, 1.82) is 0 Å². The molecule has 2 aliphatic heterocycles. The molecule has 5 rings (SSSR count). The zero-order valence-corrected chi connectivity index (χ0v) is 19.4. The Morgan fingerprint density at radius 1 is 1.06 bits per heavy atom. The van der Waals surface area contributed by atoms with Crippen LogP contribution in [0.25, 0.3) is 11.5 Å². The summed E-state index contributed by atoms with van der Waals surface area (Å²) in [6.07, 6.45) is 1.59. The molecular weight excluding hydrogens is 436 g/mol. The van der Waals surface area contributed by atoms with Crippen LogP contribution in [0.2, 0.25) is 0 Å². The third-order valence-electron chi connectivity index (χ3n) is 6.01. The number of aromatic nitrogens is 2. The number of nitrogens with zero attached hydrogens (tertiary/aromatic N) is 2. The minimum atomic E-state index is -0.535. The van der Waals surface area contributed by atoms with Crippen molar-refractivity contribution < 1.29 is 23.4 Å². The van der Waals surface area contributed by atoms with Gasteiger partial charge in [0, 0.05) is 11.9 Å². The highest BCUT2D eigenvalue weighted by atomic mass is 16.6. The highest BCUT2D eigenvalue weighted by Crippen LogP contribution is 2.31. The van der Waals surface area contributed by atoms with Crippen molar-refractivity contribution >= 4 is 17.7 Å². The molecule has 1 aromatic carbocycles. The summed E-state index contributed by atoms with van der Waals surface area (Å²) in [5.41, 5.74) is 2.59. The van der Waals surface area contributed by atoms with Crippen LogP contribution in [0.15, 0.2) is 59.3 Å². The lowest BCUT2D eigenvalue weighted by molar-refractivity contribution is 0.00917. The summed E-state index contributed by atoms with van der Waals surface area (Å²) >= 11 is 0. The van der Waals surface area contributed by atoms with Gasteiger partial charge in [0.1, 0.15) is 17.9 Å². The zero-order valence-electron chi connectivity index (χ0n) is 19.4. The largest absolute Gasteiger partial charge is 0.463 e. The van der Waals surface area contributed by atoms with Crippen LogP contribution in [0.1, 0.15) is 26.3 Å². The molecule has 0 spiro atoms. The number of carbonyl (C=O) groups is 1. The third-order valence-corrected chi connectivity index (χ3v) is 6.01. The standard InChI is InChI=1S/C25H28N4O5/c1-25(2,3)15-6-8-16(9-7-15)27-24(30)34-20-14-33-21-18(13-32-22(20)21)29-23-26-11-10-17(28-23)19-5-4-12-31-19/h4-12,18,20-22H,13-14H2,1-3H3,(H,27,30)(H,26,28,29)/t18-,20-,21-,22+/m0/s1. The molecule has 0 saturated carbocycles. The molecule has 9 nitrogen and oxygen atoms in total. The highest BCUT2D eigenvalue weighted by molar-refractivity contribution is 5.84. The molecular formula is C25H28N4O5. The van der Waals surface area contributed by atoms with Crippen LogP contribution in [0, 0.1) is 0 Å². The molecule has 0 aliphatic carbocycles. The summed E-state index contributed by atoms with van der Waals surface area (Å²) in [6.45, 7) is 7.08. The summed E-state index contributed by atoms with van der Waals surface area (Å²) in [5.74, 6) is 1.11. The van der Waals surface area contributed by atoms with Gasteiger partial charge >= 0.3 is 6.09 Å². The van der Waals surface area contributed by atoms with Gasteiger partial charge in [0.15, 0.2) is 11.9 Å². The number of furan rings is 1. The lowest BCUT2D eigenvalue weighted by Crippen LogP contribution is -2.38. The second kappa shape index (κ2) is 9.08. The van der Waals surface area contributed by atoms with Crippen LogP contribution in [-0.2, 0) is 19.6 Å². The molecule has 2 saturated heterocycles. The maximum Gasteiger partial charge on any atom is 0.412 e. The predicted molar refractivity (Wildman–Crippen MR) is 126 cm³/mol. The van der Waals surface area contributed by atoms with Crippen LogP contribution in [-0.4, -0.2) is 53.6 Å². The monoisotopic (exact) mass is 464 g/mol. The van der Waals surface area contributed by atoms with Crippen LogP contribution in [0.5, 0.6) is 0 Å². The van der Waals surface area contributed by atoms with Crippen LogP contribution < -0.4 is 10.6 Å². The molecule has 2 aliphatic rings. The van der Waals surface area contributed by atoms with Crippen LogP contribution in [0.3, 0.4) is 0 Å². The summed E-state index contributed by atoms with van der Waals surface area (Å²) < 4.78 is 22.9. The minimum Gasteiger partial charge on any atom is -0.463 e. The van der Waals surface area contributed by atoms with E-state index < -0.39 is 12.2 Å². The van der Waals surface area contributed by atoms with E-state index in [1.54, 1.807) is 18.5 Å². The van der Waals surface area contributed by atoms with Gasteiger partial charge in [0.25, 0.3) is 0 Å². The van der Waals surface area contributed by atoms with Crippen molar-refractivity contribution in [3.05, 3.63) is 60.5 Å². The van der Waals surface area contributed by atoms with Gasteiger partial charge in [-0.25, -0.2) is 14.8 Å². The first kappa shape index (κ1) is 22.4. The van der Waals surface area contributed by atoms with Gasteiger partial charge < -0.3 is 23.9 Å². The highest BCUT2D eigenvalue weighted by Gasteiger charge is 2.49. The van der Waals surface area contributed by atoms with E-state index in [0.29, 0.717) is 29.7 Å². The Balaban J connectivity index is 1.16. The van der Waals surface area contributed by atoms with E-state index >= 15 is 0 Å². The molecule has 2 aromatic heterocycles. The quantitative estimate of drug-likeness (QED) is 0.578. The maximum atomic E-state index is 12.5. The van der Waals surface area contributed by atoms with Gasteiger partial charge in [-0.1, -0.05) is 32.9 Å². The second-order valence-corrected chi connectivity index (χ2v) is 9.49.